The van der Waals surface area contributed by atoms with Crippen molar-refractivity contribution < 1.29 is 24.1 Å². The van der Waals surface area contributed by atoms with Crippen molar-refractivity contribution >= 4 is 6.09 Å². The second-order valence-electron chi connectivity index (χ2n) is 9.43. The van der Waals surface area contributed by atoms with Gasteiger partial charge in [-0.3, -0.25) is 4.90 Å². The van der Waals surface area contributed by atoms with Crippen LogP contribution in [0.2, 0.25) is 0 Å². The Kier molecular flexibility index (Phi) is 7.67. The van der Waals surface area contributed by atoms with E-state index in [2.05, 4.69) is 20.8 Å². The highest BCUT2D eigenvalue weighted by Crippen LogP contribution is 2.54. The van der Waals surface area contributed by atoms with Gasteiger partial charge in [-0.15, -0.1) is 0 Å². The molecule has 32 heavy (non-hydrogen) atoms. The minimum Gasteiger partial charge on any atom is -0.493 e. The van der Waals surface area contributed by atoms with E-state index in [-0.39, 0.29) is 11.0 Å². The molecule has 1 aliphatic carbocycles. The molecule has 174 valence electrons. The third-order valence-electron chi connectivity index (χ3n) is 6.16. The third-order valence-corrected chi connectivity index (χ3v) is 6.16. The van der Waals surface area contributed by atoms with Crippen molar-refractivity contribution in [2.75, 3.05) is 20.3 Å². The lowest BCUT2D eigenvalue weighted by atomic mass is 9.83. The maximum atomic E-state index is 12.2. The zero-order valence-electron chi connectivity index (χ0n) is 19.6. The molecule has 0 radical (unpaired) electrons. The number of ether oxygens (including phenoxy) is 3. The summed E-state index contributed by atoms with van der Waals surface area (Å²) in [6.45, 7) is 8.20. The van der Waals surface area contributed by atoms with Crippen LogP contribution in [0.4, 0.5) is 4.79 Å². The lowest BCUT2D eigenvalue weighted by Crippen LogP contribution is -2.48. The summed E-state index contributed by atoms with van der Waals surface area (Å²) in [6.07, 6.45) is 1.64. The van der Waals surface area contributed by atoms with Crippen LogP contribution in [0, 0.1) is 5.41 Å². The Balaban J connectivity index is 1.81. The van der Waals surface area contributed by atoms with Crippen molar-refractivity contribution in [3.05, 3.63) is 59.7 Å². The van der Waals surface area contributed by atoms with Gasteiger partial charge in [-0.25, -0.2) is 4.79 Å². The van der Waals surface area contributed by atoms with E-state index in [9.17, 15) is 9.90 Å². The summed E-state index contributed by atoms with van der Waals surface area (Å²) in [7, 11) is 1.67. The van der Waals surface area contributed by atoms with E-state index < -0.39 is 6.09 Å². The molecule has 3 rings (SSSR count). The Morgan fingerprint density at radius 2 is 1.66 bits per heavy atom. The van der Waals surface area contributed by atoms with Gasteiger partial charge in [0, 0.05) is 32.7 Å². The molecule has 0 atom stereocenters. The van der Waals surface area contributed by atoms with Crippen LogP contribution in [-0.2, 0) is 17.9 Å². The molecule has 1 N–H and O–H groups in total. The van der Waals surface area contributed by atoms with Crippen LogP contribution in [0.3, 0.4) is 0 Å². The average molecular weight is 442 g/mol. The van der Waals surface area contributed by atoms with Gasteiger partial charge >= 0.3 is 6.09 Å². The third kappa shape index (κ3) is 5.94. The van der Waals surface area contributed by atoms with Gasteiger partial charge in [-0.05, 0) is 41.5 Å². The highest BCUT2D eigenvalue weighted by molar-refractivity contribution is 5.67. The van der Waals surface area contributed by atoms with Crippen molar-refractivity contribution in [2.45, 2.75) is 58.7 Å². The second-order valence-corrected chi connectivity index (χ2v) is 9.43. The van der Waals surface area contributed by atoms with Crippen LogP contribution >= 0.6 is 0 Å². The molecule has 6 nitrogen and oxygen atoms in total. The molecule has 0 aliphatic heterocycles. The zero-order valence-corrected chi connectivity index (χ0v) is 19.6. The number of carboxylic acid groups (broad SMARTS) is 1. The fraction of sp³-hybridized carbons (Fsp3) is 0.500. The lowest BCUT2D eigenvalue weighted by molar-refractivity contribution is 0.0629. The number of benzene rings is 2. The summed E-state index contributed by atoms with van der Waals surface area (Å²) in [5.41, 5.74) is 1.46. The van der Waals surface area contributed by atoms with E-state index in [4.69, 9.17) is 14.2 Å². The Hall–Kier alpha value is -2.73. The molecule has 0 aromatic heterocycles. The average Bonchev–Trinajstić information content (AvgIpc) is 3.56. The van der Waals surface area contributed by atoms with Crippen molar-refractivity contribution in [3.8, 4) is 11.5 Å². The smallest absolute Gasteiger partial charge is 0.408 e. The summed E-state index contributed by atoms with van der Waals surface area (Å²) in [5.74, 6) is 1.34. The zero-order chi connectivity index (χ0) is 23.2. The van der Waals surface area contributed by atoms with E-state index in [0.717, 1.165) is 30.4 Å². The normalized spacial score (nSPS) is 14.6. The van der Waals surface area contributed by atoms with Gasteiger partial charge in [-0.2, -0.15) is 0 Å². The Morgan fingerprint density at radius 1 is 1.00 bits per heavy atom. The van der Waals surface area contributed by atoms with Crippen LogP contribution < -0.4 is 9.47 Å². The van der Waals surface area contributed by atoms with Gasteiger partial charge in [0.25, 0.3) is 0 Å². The molecule has 6 heteroatoms. The van der Waals surface area contributed by atoms with Gasteiger partial charge < -0.3 is 19.3 Å². The van der Waals surface area contributed by atoms with Crippen LogP contribution in [0.15, 0.2) is 48.5 Å². The van der Waals surface area contributed by atoms with Gasteiger partial charge in [0.1, 0.15) is 18.1 Å². The first-order chi connectivity index (χ1) is 15.2. The predicted octanol–water partition coefficient (Wildman–Crippen LogP) is 5.74. The van der Waals surface area contributed by atoms with Gasteiger partial charge in [0.05, 0.1) is 12.1 Å². The fourth-order valence-electron chi connectivity index (χ4n) is 4.15. The van der Waals surface area contributed by atoms with Crippen LogP contribution in [0.1, 0.15) is 51.2 Å². The molecular weight excluding hydrogens is 406 g/mol. The highest BCUT2D eigenvalue weighted by atomic mass is 16.5. The summed E-state index contributed by atoms with van der Waals surface area (Å²) in [5, 5.41) is 10.0. The molecule has 1 saturated carbocycles. The summed E-state index contributed by atoms with van der Waals surface area (Å²) >= 11 is 0. The van der Waals surface area contributed by atoms with Crippen LogP contribution in [-0.4, -0.2) is 42.0 Å². The minimum atomic E-state index is -0.893. The number of carbonyl (C=O) groups is 1. The molecule has 0 spiro atoms. The Morgan fingerprint density at radius 3 is 2.22 bits per heavy atom. The van der Waals surface area contributed by atoms with Crippen molar-refractivity contribution in [1.29, 1.82) is 0 Å². The Labute approximate surface area is 191 Å². The molecule has 0 saturated heterocycles. The van der Waals surface area contributed by atoms with E-state index >= 15 is 0 Å². The Bertz CT molecular complexity index is 887. The monoisotopic (exact) mass is 441 g/mol. The first-order valence-electron chi connectivity index (χ1n) is 11.2. The highest BCUT2D eigenvalue weighted by Gasteiger charge is 2.57. The van der Waals surface area contributed by atoms with Crippen molar-refractivity contribution in [2.24, 2.45) is 5.41 Å². The first-order valence-corrected chi connectivity index (χ1v) is 11.2. The summed E-state index contributed by atoms with van der Waals surface area (Å²) in [6, 6.07) is 15.6. The molecule has 0 heterocycles. The summed E-state index contributed by atoms with van der Waals surface area (Å²) < 4.78 is 17.1. The quantitative estimate of drug-likeness (QED) is 0.450. The van der Waals surface area contributed by atoms with Crippen molar-refractivity contribution in [1.82, 2.24) is 4.90 Å². The maximum absolute atomic E-state index is 12.2. The number of nitrogens with zero attached hydrogens (tertiary/aromatic N) is 1. The lowest BCUT2D eigenvalue weighted by Gasteiger charge is -2.39. The van der Waals surface area contributed by atoms with Crippen LogP contribution in [0.25, 0.3) is 0 Å². The minimum absolute atomic E-state index is 0.133. The first kappa shape index (κ1) is 23.9. The molecule has 0 bridgehead atoms. The SMILES string of the molecule is COCCCOc1cc(CN(C(=O)O)C2(C(C)(C)C)CC2)cc(OCc2ccccc2)c1. The van der Waals surface area contributed by atoms with E-state index in [1.54, 1.807) is 12.0 Å². The number of hydrogen-bond acceptors (Lipinski definition) is 4. The molecule has 1 fully saturated rings. The number of hydrogen-bond donors (Lipinski definition) is 1. The van der Waals surface area contributed by atoms with Gasteiger partial charge in [0.15, 0.2) is 0 Å². The van der Waals surface area contributed by atoms with E-state index in [0.29, 0.717) is 37.9 Å². The predicted molar refractivity (Wildman–Crippen MR) is 124 cm³/mol. The molecular formula is C26H35NO5. The standard InChI is InChI=1S/C26H35NO5/c1-25(2,3)26(11-12-26)27(24(28)29)18-21-15-22(31-14-8-13-30-4)17-23(16-21)32-19-20-9-6-5-7-10-20/h5-7,9-10,15-17H,8,11-14,18-19H2,1-4H3,(H,28,29). The molecule has 2 aromatic rings. The van der Waals surface area contributed by atoms with Crippen LogP contribution in [0.5, 0.6) is 11.5 Å². The summed E-state index contributed by atoms with van der Waals surface area (Å²) in [4.78, 5) is 13.8. The van der Waals surface area contributed by atoms with Crippen molar-refractivity contribution in [3.63, 3.8) is 0 Å². The number of methoxy groups -OCH3 is 1. The largest absolute Gasteiger partial charge is 0.493 e. The molecule has 1 amide bonds. The van der Waals surface area contributed by atoms with Gasteiger partial charge in [-0.1, -0.05) is 51.1 Å². The molecule has 0 unspecified atom stereocenters. The van der Waals surface area contributed by atoms with E-state index in [1.807, 2.05) is 48.5 Å². The second kappa shape index (κ2) is 10.3. The fourth-order valence-corrected chi connectivity index (χ4v) is 4.15. The maximum Gasteiger partial charge on any atom is 0.408 e. The molecule has 2 aromatic carbocycles. The van der Waals surface area contributed by atoms with Gasteiger partial charge in [0.2, 0.25) is 0 Å². The number of rotatable bonds is 11. The molecule has 1 aliphatic rings. The van der Waals surface area contributed by atoms with E-state index in [1.165, 1.54) is 0 Å². The number of amides is 1. The topological polar surface area (TPSA) is 68.2 Å².